The van der Waals surface area contributed by atoms with Crippen molar-refractivity contribution >= 4 is 0 Å². The van der Waals surface area contributed by atoms with Crippen molar-refractivity contribution in [3.8, 4) is 0 Å². The number of aromatic nitrogens is 1. The van der Waals surface area contributed by atoms with Crippen LogP contribution in [-0.2, 0) is 11.3 Å². The van der Waals surface area contributed by atoms with E-state index in [9.17, 15) is 0 Å². The summed E-state index contributed by atoms with van der Waals surface area (Å²) >= 11 is 0. The predicted octanol–water partition coefficient (Wildman–Crippen LogP) is 2.92. The topological polar surface area (TPSA) is 14.2 Å². The van der Waals surface area contributed by atoms with E-state index in [1.807, 2.05) is 0 Å². The third-order valence-electron chi connectivity index (χ3n) is 2.52. The van der Waals surface area contributed by atoms with Crippen LogP contribution in [0.2, 0.25) is 0 Å². The normalized spacial score (nSPS) is 10.8. The van der Waals surface area contributed by atoms with Crippen LogP contribution in [0.25, 0.3) is 0 Å². The molecule has 1 heterocycles. The van der Waals surface area contributed by atoms with Crippen LogP contribution >= 0.6 is 0 Å². The van der Waals surface area contributed by atoms with Crippen LogP contribution in [-0.4, -0.2) is 17.8 Å². The molecule has 0 atom stereocenters. The highest BCUT2D eigenvalue weighted by Crippen LogP contribution is 2.06. The minimum Gasteiger partial charge on any atom is -0.380 e. The van der Waals surface area contributed by atoms with Gasteiger partial charge in [0.2, 0.25) is 0 Å². The molecule has 0 aliphatic carbocycles. The fourth-order valence-corrected chi connectivity index (χ4v) is 1.56. The Labute approximate surface area is 86.9 Å². The van der Waals surface area contributed by atoms with E-state index < -0.39 is 0 Å². The molecule has 0 bridgehead atoms. The minimum absolute atomic E-state index is 0.830. The number of hydrogen-bond acceptors (Lipinski definition) is 1. The van der Waals surface area contributed by atoms with E-state index in [1.54, 1.807) is 0 Å². The molecule has 0 N–H and O–H groups in total. The third-order valence-corrected chi connectivity index (χ3v) is 2.52. The van der Waals surface area contributed by atoms with Gasteiger partial charge in [-0.1, -0.05) is 13.3 Å². The molecule has 0 unspecified atom stereocenters. The minimum atomic E-state index is 0.830. The Balaban J connectivity index is 2.24. The highest BCUT2D eigenvalue weighted by molar-refractivity contribution is 5.13. The summed E-state index contributed by atoms with van der Waals surface area (Å²) in [5.41, 5.74) is 2.64. The van der Waals surface area contributed by atoms with Gasteiger partial charge in [0, 0.05) is 24.5 Å². The van der Waals surface area contributed by atoms with Crippen molar-refractivity contribution in [2.24, 2.45) is 0 Å². The van der Waals surface area contributed by atoms with E-state index in [0.717, 1.165) is 19.8 Å². The van der Waals surface area contributed by atoms with Crippen molar-refractivity contribution in [3.63, 3.8) is 0 Å². The van der Waals surface area contributed by atoms with Crippen LogP contribution < -0.4 is 0 Å². The molecule has 0 radical (unpaired) electrons. The fourth-order valence-electron chi connectivity index (χ4n) is 1.56. The SMILES string of the molecule is CCCCOCCn1c(C)ccc1C. The van der Waals surface area contributed by atoms with Crippen molar-refractivity contribution in [2.45, 2.75) is 40.2 Å². The molecule has 2 nitrogen and oxygen atoms in total. The van der Waals surface area contributed by atoms with Crippen LogP contribution in [0.1, 0.15) is 31.2 Å². The maximum absolute atomic E-state index is 5.54. The van der Waals surface area contributed by atoms with Gasteiger partial charge in [-0.05, 0) is 32.4 Å². The summed E-state index contributed by atoms with van der Waals surface area (Å²) in [6.45, 7) is 9.17. The molecule has 0 spiro atoms. The lowest BCUT2D eigenvalue weighted by atomic mass is 10.4. The first-order chi connectivity index (χ1) is 6.75. The zero-order chi connectivity index (χ0) is 10.4. The molecule has 0 fully saturated rings. The molecule has 0 amide bonds. The lowest BCUT2D eigenvalue weighted by Crippen LogP contribution is -2.09. The maximum Gasteiger partial charge on any atom is 0.0645 e. The summed E-state index contributed by atoms with van der Waals surface area (Å²) in [4.78, 5) is 0. The maximum atomic E-state index is 5.54. The highest BCUT2D eigenvalue weighted by atomic mass is 16.5. The van der Waals surface area contributed by atoms with Crippen molar-refractivity contribution < 1.29 is 4.74 Å². The van der Waals surface area contributed by atoms with Crippen molar-refractivity contribution in [1.29, 1.82) is 0 Å². The van der Waals surface area contributed by atoms with Gasteiger partial charge in [-0.2, -0.15) is 0 Å². The van der Waals surface area contributed by atoms with Gasteiger partial charge in [-0.3, -0.25) is 0 Å². The molecule has 0 aromatic carbocycles. The van der Waals surface area contributed by atoms with Crippen LogP contribution in [0, 0.1) is 13.8 Å². The summed E-state index contributed by atoms with van der Waals surface area (Å²) in [6.07, 6.45) is 2.38. The number of ether oxygens (including phenoxy) is 1. The van der Waals surface area contributed by atoms with Gasteiger partial charge < -0.3 is 9.30 Å². The van der Waals surface area contributed by atoms with E-state index in [0.29, 0.717) is 0 Å². The average Bonchev–Trinajstić information content (AvgIpc) is 2.48. The first-order valence-corrected chi connectivity index (χ1v) is 5.46. The Morgan fingerprint density at radius 3 is 2.36 bits per heavy atom. The lowest BCUT2D eigenvalue weighted by Gasteiger charge is -2.09. The molecular formula is C12H21NO. The second kappa shape index (κ2) is 5.86. The monoisotopic (exact) mass is 195 g/mol. The standard InChI is InChI=1S/C12H21NO/c1-4-5-9-14-10-8-13-11(2)6-7-12(13)3/h6-7H,4-5,8-10H2,1-3H3. The van der Waals surface area contributed by atoms with Gasteiger partial charge in [0.1, 0.15) is 0 Å². The first kappa shape index (κ1) is 11.3. The molecule has 0 aliphatic heterocycles. The van der Waals surface area contributed by atoms with E-state index in [2.05, 4.69) is 37.5 Å². The molecule has 2 heteroatoms. The van der Waals surface area contributed by atoms with Crippen LogP contribution in [0.3, 0.4) is 0 Å². The second-order valence-electron chi connectivity index (χ2n) is 3.73. The van der Waals surface area contributed by atoms with Gasteiger partial charge in [-0.25, -0.2) is 0 Å². The van der Waals surface area contributed by atoms with E-state index in [-0.39, 0.29) is 0 Å². The van der Waals surface area contributed by atoms with Crippen LogP contribution in [0.15, 0.2) is 12.1 Å². The van der Waals surface area contributed by atoms with E-state index in [4.69, 9.17) is 4.74 Å². The quantitative estimate of drug-likeness (QED) is 0.637. The van der Waals surface area contributed by atoms with Gasteiger partial charge in [0.15, 0.2) is 0 Å². The Morgan fingerprint density at radius 2 is 1.79 bits per heavy atom. The molecule has 0 saturated heterocycles. The lowest BCUT2D eigenvalue weighted by molar-refractivity contribution is 0.123. The average molecular weight is 195 g/mol. The van der Waals surface area contributed by atoms with Gasteiger partial charge in [0.25, 0.3) is 0 Å². The largest absolute Gasteiger partial charge is 0.380 e. The Kier molecular flexibility index (Phi) is 4.74. The fraction of sp³-hybridized carbons (Fsp3) is 0.667. The molecule has 1 rings (SSSR count). The van der Waals surface area contributed by atoms with E-state index in [1.165, 1.54) is 24.2 Å². The smallest absolute Gasteiger partial charge is 0.0645 e. The summed E-state index contributed by atoms with van der Waals surface area (Å²) < 4.78 is 7.83. The number of hydrogen-bond donors (Lipinski definition) is 0. The molecule has 14 heavy (non-hydrogen) atoms. The molecule has 0 aliphatic rings. The van der Waals surface area contributed by atoms with Gasteiger partial charge in [0.05, 0.1) is 6.61 Å². The predicted molar refractivity (Wildman–Crippen MR) is 59.6 cm³/mol. The van der Waals surface area contributed by atoms with Crippen molar-refractivity contribution in [3.05, 3.63) is 23.5 Å². The number of rotatable bonds is 6. The van der Waals surface area contributed by atoms with Crippen LogP contribution in [0.5, 0.6) is 0 Å². The van der Waals surface area contributed by atoms with Crippen molar-refractivity contribution in [2.75, 3.05) is 13.2 Å². The zero-order valence-corrected chi connectivity index (χ0v) is 9.55. The Morgan fingerprint density at radius 1 is 1.14 bits per heavy atom. The second-order valence-corrected chi connectivity index (χ2v) is 3.73. The van der Waals surface area contributed by atoms with Crippen molar-refractivity contribution in [1.82, 2.24) is 4.57 Å². The highest BCUT2D eigenvalue weighted by Gasteiger charge is 1.99. The summed E-state index contributed by atoms with van der Waals surface area (Å²) in [5.74, 6) is 0. The Hall–Kier alpha value is -0.760. The number of unbranched alkanes of at least 4 members (excludes halogenated alkanes) is 1. The summed E-state index contributed by atoms with van der Waals surface area (Å²) in [6, 6.07) is 4.31. The molecule has 80 valence electrons. The molecule has 1 aromatic rings. The summed E-state index contributed by atoms with van der Waals surface area (Å²) in [7, 11) is 0. The van der Waals surface area contributed by atoms with E-state index >= 15 is 0 Å². The summed E-state index contributed by atoms with van der Waals surface area (Å²) in [5, 5.41) is 0. The third kappa shape index (κ3) is 3.18. The Bertz CT molecular complexity index is 246. The number of aryl methyl sites for hydroxylation is 2. The number of nitrogens with zero attached hydrogens (tertiary/aromatic N) is 1. The molecule has 0 saturated carbocycles. The first-order valence-electron chi connectivity index (χ1n) is 5.46. The van der Waals surface area contributed by atoms with Gasteiger partial charge in [-0.15, -0.1) is 0 Å². The van der Waals surface area contributed by atoms with Gasteiger partial charge >= 0.3 is 0 Å². The zero-order valence-electron chi connectivity index (χ0n) is 9.55. The van der Waals surface area contributed by atoms with Crippen LogP contribution in [0.4, 0.5) is 0 Å². The molecule has 1 aromatic heterocycles. The molecular weight excluding hydrogens is 174 g/mol.